The van der Waals surface area contributed by atoms with Gasteiger partial charge in [-0.1, -0.05) is 43.3 Å². The maximum atomic E-state index is 13.4. The second kappa shape index (κ2) is 13.5. The smallest absolute Gasteiger partial charge is 0.243 e. The lowest BCUT2D eigenvalue weighted by atomic mass is 10.1. The van der Waals surface area contributed by atoms with Gasteiger partial charge in [0, 0.05) is 19.0 Å². The number of hydrogen-bond donors (Lipinski definition) is 1. The minimum absolute atomic E-state index is 0.0149. The highest BCUT2D eigenvalue weighted by molar-refractivity contribution is 5.87. The van der Waals surface area contributed by atoms with Crippen LogP contribution in [0.15, 0.2) is 48.5 Å². The lowest BCUT2D eigenvalue weighted by molar-refractivity contribution is -0.141. The van der Waals surface area contributed by atoms with E-state index in [9.17, 15) is 9.59 Å². The highest BCUT2D eigenvalue weighted by atomic mass is 16.5. The third-order valence-corrected chi connectivity index (χ3v) is 5.25. The Morgan fingerprint density at radius 3 is 2.18 bits per heavy atom. The summed E-state index contributed by atoms with van der Waals surface area (Å²) in [6, 6.07) is 15.1. The molecule has 0 saturated heterocycles. The normalized spacial score (nSPS) is 11.7. The molecule has 0 aliphatic carbocycles. The fourth-order valence-corrected chi connectivity index (χ4v) is 3.73. The number of rotatable bonds is 13. The van der Waals surface area contributed by atoms with E-state index in [1.54, 1.807) is 4.90 Å². The van der Waals surface area contributed by atoms with Crippen molar-refractivity contribution in [1.82, 2.24) is 10.2 Å². The van der Waals surface area contributed by atoms with Gasteiger partial charge >= 0.3 is 0 Å². The molecule has 2 aromatic carbocycles. The number of hydrogen-bond acceptors (Lipinski definition) is 4. The highest BCUT2D eigenvalue weighted by Gasteiger charge is 2.28. The molecule has 0 unspecified atom stereocenters. The minimum Gasteiger partial charge on any atom is -0.490 e. The number of benzene rings is 2. The predicted octanol–water partition coefficient (Wildman–Crippen LogP) is 4.75. The number of amides is 2. The molecule has 6 nitrogen and oxygen atoms in total. The minimum atomic E-state index is -0.514. The summed E-state index contributed by atoms with van der Waals surface area (Å²) in [4.78, 5) is 28.0. The van der Waals surface area contributed by atoms with Gasteiger partial charge in [-0.15, -0.1) is 0 Å². The Labute approximate surface area is 198 Å². The first-order valence-electron chi connectivity index (χ1n) is 11.9. The molecule has 0 aliphatic rings. The Morgan fingerprint density at radius 2 is 1.58 bits per heavy atom. The zero-order valence-electron chi connectivity index (χ0n) is 20.6. The van der Waals surface area contributed by atoms with Crippen LogP contribution >= 0.6 is 0 Å². The lowest BCUT2D eigenvalue weighted by Crippen LogP contribution is -2.50. The second-order valence-corrected chi connectivity index (χ2v) is 8.24. The molecule has 2 aromatic rings. The topological polar surface area (TPSA) is 67.9 Å². The van der Waals surface area contributed by atoms with Crippen molar-refractivity contribution in [3.8, 4) is 11.5 Å². The van der Waals surface area contributed by atoms with E-state index in [0.717, 1.165) is 11.1 Å². The number of ether oxygens (including phenoxy) is 2. The van der Waals surface area contributed by atoms with Crippen molar-refractivity contribution < 1.29 is 19.1 Å². The van der Waals surface area contributed by atoms with Crippen LogP contribution in [0.1, 0.15) is 58.6 Å². The first-order chi connectivity index (χ1) is 15.9. The summed E-state index contributed by atoms with van der Waals surface area (Å²) < 4.78 is 11.3. The maximum absolute atomic E-state index is 13.4. The van der Waals surface area contributed by atoms with E-state index in [2.05, 4.69) is 5.32 Å². The summed E-state index contributed by atoms with van der Waals surface area (Å²) in [5.74, 6) is 1.23. The van der Waals surface area contributed by atoms with Crippen molar-refractivity contribution in [3.63, 3.8) is 0 Å². The fraction of sp³-hybridized carbons (Fsp3) is 0.481. The van der Waals surface area contributed by atoms with Crippen molar-refractivity contribution in [2.24, 2.45) is 0 Å². The van der Waals surface area contributed by atoms with Crippen LogP contribution in [0.2, 0.25) is 0 Å². The van der Waals surface area contributed by atoms with Crippen molar-refractivity contribution in [2.45, 2.75) is 72.5 Å². The Bertz CT molecular complexity index is 883. The van der Waals surface area contributed by atoms with E-state index < -0.39 is 6.04 Å². The van der Waals surface area contributed by atoms with E-state index in [-0.39, 0.29) is 17.9 Å². The molecule has 0 aliphatic heterocycles. The molecule has 6 heteroatoms. The molecule has 33 heavy (non-hydrogen) atoms. The van der Waals surface area contributed by atoms with E-state index in [1.807, 2.05) is 83.1 Å². The molecule has 0 fully saturated rings. The molecule has 1 N–H and O–H groups in total. The molecule has 0 saturated carbocycles. The number of nitrogens with zero attached hydrogens (tertiary/aromatic N) is 1. The molecule has 0 radical (unpaired) electrons. The second-order valence-electron chi connectivity index (χ2n) is 8.24. The molecule has 0 spiro atoms. The van der Waals surface area contributed by atoms with Gasteiger partial charge in [-0.25, -0.2) is 0 Å². The van der Waals surface area contributed by atoms with Crippen molar-refractivity contribution >= 4 is 11.8 Å². The summed E-state index contributed by atoms with van der Waals surface area (Å²) >= 11 is 0. The van der Waals surface area contributed by atoms with Gasteiger partial charge in [0.15, 0.2) is 11.5 Å². The Hall–Kier alpha value is -3.02. The molecule has 0 heterocycles. The maximum Gasteiger partial charge on any atom is 0.243 e. The van der Waals surface area contributed by atoms with Gasteiger partial charge in [0.25, 0.3) is 0 Å². The van der Waals surface area contributed by atoms with Crippen LogP contribution in [0.4, 0.5) is 0 Å². The molecule has 180 valence electrons. The summed E-state index contributed by atoms with van der Waals surface area (Å²) in [6.07, 6.45) is 1.41. The average molecular weight is 455 g/mol. The van der Waals surface area contributed by atoms with E-state index in [0.29, 0.717) is 50.5 Å². The number of nitrogens with one attached hydrogen (secondary N) is 1. The highest BCUT2D eigenvalue weighted by Crippen LogP contribution is 2.29. The van der Waals surface area contributed by atoms with Crippen molar-refractivity contribution in [1.29, 1.82) is 0 Å². The lowest BCUT2D eigenvalue weighted by Gasteiger charge is -2.31. The predicted molar refractivity (Wildman–Crippen MR) is 131 cm³/mol. The third-order valence-electron chi connectivity index (χ3n) is 5.25. The van der Waals surface area contributed by atoms with Gasteiger partial charge in [0.1, 0.15) is 6.04 Å². The van der Waals surface area contributed by atoms with Gasteiger partial charge < -0.3 is 19.7 Å². The monoisotopic (exact) mass is 454 g/mol. The Morgan fingerprint density at radius 1 is 0.909 bits per heavy atom. The van der Waals surface area contributed by atoms with Crippen LogP contribution in [0.25, 0.3) is 0 Å². The number of carbonyl (C=O) groups is 2. The largest absolute Gasteiger partial charge is 0.490 e. The van der Waals surface area contributed by atoms with Gasteiger partial charge in [-0.05, 0) is 63.8 Å². The molecule has 2 amide bonds. The zero-order valence-corrected chi connectivity index (χ0v) is 20.6. The van der Waals surface area contributed by atoms with Crippen LogP contribution < -0.4 is 14.8 Å². The van der Waals surface area contributed by atoms with E-state index in [4.69, 9.17) is 9.47 Å². The Kier molecular flexibility index (Phi) is 10.7. The molecule has 0 bridgehead atoms. The van der Waals surface area contributed by atoms with Gasteiger partial charge in [-0.2, -0.15) is 0 Å². The van der Waals surface area contributed by atoms with Crippen LogP contribution in [0.3, 0.4) is 0 Å². The number of aryl methyl sites for hydroxylation is 1. The van der Waals surface area contributed by atoms with E-state index in [1.165, 1.54) is 0 Å². The summed E-state index contributed by atoms with van der Waals surface area (Å²) in [6.45, 7) is 11.2. The molecule has 0 aromatic heterocycles. The van der Waals surface area contributed by atoms with Crippen LogP contribution in [0.5, 0.6) is 11.5 Å². The Balaban J connectivity index is 2.20. The SMILES string of the molecule is CCOc1ccc(CCC(=O)N(Cc2ccccc2)[C@@H](CC)C(=O)NC(C)C)cc1OCC. The molecule has 1 atom stereocenters. The summed E-state index contributed by atoms with van der Waals surface area (Å²) in [5.41, 5.74) is 2.00. The molecular weight excluding hydrogens is 416 g/mol. The molecular formula is C27H38N2O4. The third kappa shape index (κ3) is 8.12. The van der Waals surface area contributed by atoms with Crippen molar-refractivity contribution in [3.05, 3.63) is 59.7 Å². The van der Waals surface area contributed by atoms with Crippen LogP contribution in [0, 0.1) is 0 Å². The van der Waals surface area contributed by atoms with Crippen LogP contribution in [-0.4, -0.2) is 42.0 Å². The van der Waals surface area contributed by atoms with Gasteiger partial charge in [0.2, 0.25) is 11.8 Å². The molecule has 2 rings (SSSR count). The standard InChI is InChI=1S/C27H38N2O4/c1-6-23(27(31)28-20(4)5)29(19-22-12-10-9-11-13-22)26(30)17-15-21-14-16-24(32-7-2)25(18-21)33-8-3/h9-14,16,18,20,23H,6-8,15,17,19H2,1-5H3,(H,28,31)/t23-/m0/s1. The summed E-state index contributed by atoms with van der Waals surface area (Å²) in [7, 11) is 0. The van der Waals surface area contributed by atoms with Gasteiger partial charge in [0.05, 0.1) is 13.2 Å². The fourth-order valence-electron chi connectivity index (χ4n) is 3.73. The average Bonchev–Trinajstić information content (AvgIpc) is 2.79. The zero-order chi connectivity index (χ0) is 24.2. The first-order valence-corrected chi connectivity index (χ1v) is 11.9. The quantitative estimate of drug-likeness (QED) is 0.474. The summed E-state index contributed by atoms with van der Waals surface area (Å²) in [5, 5.41) is 2.97. The number of carbonyl (C=O) groups excluding carboxylic acids is 2. The first kappa shape index (κ1) is 26.2. The van der Waals surface area contributed by atoms with E-state index >= 15 is 0 Å². The van der Waals surface area contributed by atoms with Gasteiger partial charge in [-0.3, -0.25) is 9.59 Å². The van der Waals surface area contributed by atoms with Crippen LogP contribution in [-0.2, 0) is 22.6 Å². The van der Waals surface area contributed by atoms with Crippen molar-refractivity contribution in [2.75, 3.05) is 13.2 Å².